The molecule has 0 aliphatic heterocycles. The van der Waals surface area contributed by atoms with Gasteiger partial charge in [0.15, 0.2) is 5.78 Å². The number of aromatic nitrogens is 2. The Kier molecular flexibility index (Phi) is 6.24. The van der Waals surface area contributed by atoms with E-state index < -0.39 is 0 Å². The van der Waals surface area contributed by atoms with Gasteiger partial charge >= 0.3 is 0 Å². The fraction of sp³-hybridized carbons (Fsp3) is 0.286. The Morgan fingerprint density at radius 3 is 2.65 bits per heavy atom. The number of carbonyl (C=O) groups excluding carboxylic acids is 1. The molecule has 0 unspecified atom stereocenters. The van der Waals surface area contributed by atoms with E-state index in [1.165, 1.54) is 5.56 Å². The average Bonchev–Trinajstić information content (AvgIpc) is 3.15. The summed E-state index contributed by atoms with van der Waals surface area (Å²) in [6, 6.07) is 18.7. The fourth-order valence-electron chi connectivity index (χ4n) is 4.50. The summed E-state index contributed by atoms with van der Waals surface area (Å²) in [6.07, 6.45) is 4.18. The van der Waals surface area contributed by atoms with Crippen LogP contribution < -0.4 is 5.43 Å². The summed E-state index contributed by atoms with van der Waals surface area (Å²) in [5, 5.41) is 5.61. The van der Waals surface area contributed by atoms with Gasteiger partial charge in [0.1, 0.15) is 5.69 Å². The van der Waals surface area contributed by atoms with Crippen LogP contribution in [0.2, 0.25) is 0 Å². The van der Waals surface area contributed by atoms with Gasteiger partial charge in [-0.25, -0.2) is 9.97 Å². The van der Waals surface area contributed by atoms with Gasteiger partial charge in [0.05, 0.1) is 21.6 Å². The highest BCUT2D eigenvalue weighted by molar-refractivity contribution is 7.22. The Labute approximate surface area is 204 Å². The second kappa shape index (κ2) is 9.47. The van der Waals surface area contributed by atoms with Crippen molar-refractivity contribution in [2.75, 3.05) is 5.43 Å². The Morgan fingerprint density at radius 2 is 1.85 bits per heavy atom. The highest BCUT2D eigenvalue weighted by Gasteiger charge is 2.18. The van der Waals surface area contributed by atoms with Gasteiger partial charge in [0, 0.05) is 18.1 Å². The smallest absolute Gasteiger partial charge is 0.204 e. The predicted molar refractivity (Wildman–Crippen MR) is 141 cm³/mol. The summed E-state index contributed by atoms with van der Waals surface area (Å²) in [6.45, 7) is 5.77. The monoisotopic (exact) mass is 468 g/mol. The second-order valence-corrected chi connectivity index (χ2v) is 10.1. The van der Waals surface area contributed by atoms with Crippen LogP contribution in [0.15, 0.2) is 59.7 Å². The van der Waals surface area contributed by atoms with Crippen LogP contribution in [0.4, 0.5) is 5.13 Å². The van der Waals surface area contributed by atoms with Crippen LogP contribution in [0.25, 0.3) is 21.5 Å². The summed E-state index contributed by atoms with van der Waals surface area (Å²) in [7, 11) is 0. The second-order valence-electron chi connectivity index (χ2n) is 9.08. The van der Waals surface area contributed by atoms with Crippen LogP contribution in [-0.4, -0.2) is 21.5 Å². The van der Waals surface area contributed by atoms with E-state index in [1.54, 1.807) is 18.3 Å². The van der Waals surface area contributed by atoms with Crippen molar-refractivity contribution < 1.29 is 4.79 Å². The van der Waals surface area contributed by atoms with Crippen LogP contribution in [0.5, 0.6) is 0 Å². The van der Waals surface area contributed by atoms with Crippen molar-refractivity contribution >= 4 is 38.2 Å². The molecule has 0 atom stereocenters. The number of ketones is 1. The summed E-state index contributed by atoms with van der Waals surface area (Å²) < 4.78 is 1.14. The standard InChI is InChI=1S/C28H28N4OS/c1-17(2)21-14-15-23(29-27(21)18(3)33)20-13-12-19-8-4-5-9-24(22(19)16-20)31-32-28-30-25-10-6-7-11-26(25)34-28/h6-7,10-17H,4-5,8-9H2,1-3H3,(H,30,32)/b31-24+. The molecule has 2 heterocycles. The molecule has 2 aromatic heterocycles. The molecule has 172 valence electrons. The number of hydrazone groups is 1. The summed E-state index contributed by atoms with van der Waals surface area (Å²) in [4.78, 5) is 21.7. The van der Waals surface area contributed by atoms with E-state index >= 15 is 0 Å². The maximum Gasteiger partial charge on any atom is 0.204 e. The van der Waals surface area contributed by atoms with Gasteiger partial charge in [0.2, 0.25) is 5.13 Å². The van der Waals surface area contributed by atoms with E-state index in [-0.39, 0.29) is 11.7 Å². The number of hydrogen-bond acceptors (Lipinski definition) is 6. The lowest BCUT2D eigenvalue weighted by Gasteiger charge is -2.14. The lowest BCUT2D eigenvalue weighted by molar-refractivity contribution is 0.101. The molecule has 0 bridgehead atoms. The number of aryl methyl sites for hydroxylation is 1. The molecule has 6 heteroatoms. The third kappa shape index (κ3) is 4.50. The van der Waals surface area contributed by atoms with Crippen LogP contribution in [0, 0.1) is 0 Å². The number of pyridine rings is 1. The number of para-hydroxylation sites is 1. The summed E-state index contributed by atoms with van der Waals surface area (Å²) in [5.41, 5.74) is 11.1. The van der Waals surface area contributed by atoms with E-state index in [4.69, 9.17) is 10.1 Å². The van der Waals surface area contributed by atoms with E-state index in [9.17, 15) is 4.79 Å². The molecule has 1 aliphatic carbocycles. The topological polar surface area (TPSA) is 67.2 Å². The Bertz CT molecular complexity index is 1370. The molecule has 0 spiro atoms. The molecular weight excluding hydrogens is 440 g/mol. The molecule has 5 nitrogen and oxygen atoms in total. The maximum absolute atomic E-state index is 12.3. The number of anilines is 1. The van der Waals surface area contributed by atoms with Crippen molar-refractivity contribution in [3.05, 3.63) is 77.0 Å². The Hall–Kier alpha value is -3.38. The van der Waals surface area contributed by atoms with Crippen molar-refractivity contribution in [1.82, 2.24) is 9.97 Å². The van der Waals surface area contributed by atoms with Gasteiger partial charge in [-0.1, -0.05) is 55.5 Å². The number of thiazole rings is 1. The van der Waals surface area contributed by atoms with Gasteiger partial charge in [-0.15, -0.1) is 0 Å². The first-order valence-corrected chi connectivity index (χ1v) is 12.6. The molecule has 4 aromatic rings. The zero-order valence-electron chi connectivity index (χ0n) is 19.8. The molecule has 5 rings (SSSR count). The van der Waals surface area contributed by atoms with Crippen molar-refractivity contribution in [2.45, 2.75) is 52.4 Å². The van der Waals surface area contributed by atoms with Crippen molar-refractivity contribution in [3.63, 3.8) is 0 Å². The minimum Gasteiger partial charge on any atom is -0.293 e. The first-order chi connectivity index (χ1) is 16.5. The van der Waals surface area contributed by atoms with Gasteiger partial charge in [-0.2, -0.15) is 5.10 Å². The van der Waals surface area contributed by atoms with Crippen LogP contribution >= 0.6 is 11.3 Å². The van der Waals surface area contributed by atoms with Crippen LogP contribution in [-0.2, 0) is 6.42 Å². The highest BCUT2D eigenvalue weighted by atomic mass is 32.1. The first-order valence-electron chi connectivity index (χ1n) is 11.8. The highest BCUT2D eigenvalue weighted by Crippen LogP contribution is 2.30. The number of hydrogen-bond donors (Lipinski definition) is 1. The normalized spacial score (nSPS) is 14.9. The minimum atomic E-state index is 0.00240. The van der Waals surface area contributed by atoms with Crippen molar-refractivity contribution in [3.8, 4) is 11.3 Å². The number of nitrogens with one attached hydrogen (secondary N) is 1. The summed E-state index contributed by atoms with van der Waals surface area (Å²) in [5.74, 6) is 0.252. The molecule has 1 aliphatic rings. The number of rotatable bonds is 5. The number of fused-ring (bicyclic) bond motifs is 2. The van der Waals surface area contributed by atoms with E-state index in [0.717, 1.165) is 69.1 Å². The average molecular weight is 469 g/mol. The lowest BCUT2D eigenvalue weighted by atomic mass is 9.95. The van der Waals surface area contributed by atoms with Gasteiger partial charge < -0.3 is 0 Å². The molecule has 0 amide bonds. The van der Waals surface area contributed by atoms with Crippen LogP contribution in [0.3, 0.4) is 0 Å². The van der Waals surface area contributed by atoms with Gasteiger partial charge in [-0.05, 0) is 67.0 Å². The SMILES string of the molecule is CC(=O)c1nc(-c2ccc3c(c2)/C(=N/Nc2nc4ccccc4s2)CCCC3)ccc1C(C)C. The summed E-state index contributed by atoms with van der Waals surface area (Å²) >= 11 is 1.61. The van der Waals surface area contributed by atoms with E-state index in [1.807, 2.05) is 30.3 Å². The number of Topliss-reactive ketones (excluding diaryl/α,β-unsaturated/α-hetero) is 1. The molecule has 0 saturated carbocycles. The zero-order chi connectivity index (χ0) is 23.7. The Balaban J connectivity index is 1.51. The number of carbonyl (C=O) groups is 1. The maximum atomic E-state index is 12.3. The van der Waals surface area contributed by atoms with Gasteiger partial charge in [0.25, 0.3) is 0 Å². The minimum absolute atomic E-state index is 0.00240. The number of benzene rings is 2. The van der Waals surface area contributed by atoms with Crippen molar-refractivity contribution in [2.24, 2.45) is 5.10 Å². The molecule has 34 heavy (non-hydrogen) atoms. The van der Waals surface area contributed by atoms with Crippen molar-refractivity contribution in [1.29, 1.82) is 0 Å². The first kappa shape index (κ1) is 22.4. The van der Waals surface area contributed by atoms with E-state index in [2.05, 4.69) is 48.5 Å². The Morgan fingerprint density at radius 1 is 1.03 bits per heavy atom. The fourth-order valence-corrected chi connectivity index (χ4v) is 5.30. The lowest BCUT2D eigenvalue weighted by Crippen LogP contribution is -2.07. The molecule has 2 aromatic carbocycles. The quantitative estimate of drug-likeness (QED) is 0.191. The molecular formula is C28H28N4OS. The predicted octanol–water partition coefficient (Wildman–Crippen LogP) is 7.23. The van der Waals surface area contributed by atoms with Crippen LogP contribution in [0.1, 0.15) is 73.1 Å². The molecule has 0 radical (unpaired) electrons. The molecule has 0 fully saturated rings. The van der Waals surface area contributed by atoms with E-state index in [0.29, 0.717) is 5.69 Å². The zero-order valence-corrected chi connectivity index (χ0v) is 20.6. The largest absolute Gasteiger partial charge is 0.293 e. The third-order valence-corrected chi connectivity index (χ3v) is 7.23. The molecule has 0 saturated heterocycles. The number of nitrogens with zero attached hydrogens (tertiary/aromatic N) is 3. The molecule has 1 N–H and O–H groups in total. The van der Waals surface area contributed by atoms with Gasteiger partial charge in [-0.3, -0.25) is 10.2 Å². The third-order valence-electron chi connectivity index (χ3n) is 6.29.